The lowest BCUT2D eigenvalue weighted by Crippen LogP contribution is -2.53. The minimum absolute atomic E-state index is 0.00416. The Labute approximate surface area is 231 Å². The molecule has 192 valence electrons. The Morgan fingerprint density at radius 2 is 1.69 bits per heavy atom. The molecule has 2 aliphatic heterocycles. The van der Waals surface area contributed by atoms with Gasteiger partial charge in [-0.05, 0) is 42.3 Å². The number of para-hydroxylation sites is 2. The predicted octanol–water partition coefficient (Wildman–Crippen LogP) is 5.31. The molecule has 0 saturated carbocycles. The first kappa shape index (κ1) is 23.8. The molecule has 2 amide bonds. The second kappa shape index (κ2) is 8.59. The molecule has 0 N–H and O–H groups in total. The number of carbonyl (C=O) groups excluding carboxylic acids is 2. The van der Waals surface area contributed by atoms with Crippen LogP contribution in [-0.4, -0.2) is 22.0 Å². The lowest BCUT2D eigenvalue weighted by atomic mass is 9.84. The van der Waals surface area contributed by atoms with Gasteiger partial charge in [0.2, 0.25) is 10.9 Å². The van der Waals surface area contributed by atoms with Gasteiger partial charge < -0.3 is 9.32 Å². The zero-order chi connectivity index (χ0) is 26.9. The molecule has 0 fully saturated rings. The van der Waals surface area contributed by atoms with Crippen molar-refractivity contribution in [3.63, 3.8) is 0 Å². The minimum atomic E-state index is -1.80. The fourth-order valence-corrected chi connectivity index (χ4v) is 6.47. The van der Waals surface area contributed by atoms with Crippen LogP contribution in [0.5, 0.6) is 0 Å². The Morgan fingerprint density at radius 3 is 2.46 bits per heavy atom. The first-order valence-electron chi connectivity index (χ1n) is 12.3. The van der Waals surface area contributed by atoms with Gasteiger partial charge in [-0.1, -0.05) is 72.3 Å². The van der Waals surface area contributed by atoms with E-state index in [0.717, 1.165) is 5.56 Å². The van der Waals surface area contributed by atoms with Gasteiger partial charge in [0.05, 0.1) is 23.2 Å². The third-order valence-corrected chi connectivity index (χ3v) is 8.54. The molecule has 8 nitrogen and oxygen atoms in total. The summed E-state index contributed by atoms with van der Waals surface area (Å²) in [5.74, 6) is -1.21. The van der Waals surface area contributed by atoms with Crippen molar-refractivity contribution in [1.29, 1.82) is 0 Å². The van der Waals surface area contributed by atoms with Gasteiger partial charge in [0.25, 0.3) is 11.8 Å². The van der Waals surface area contributed by atoms with Crippen LogP contribution in [-0.2, 0) is 23.3 Å². The summed E-state index contributed by atoms with van der Waals surface area (Å²) in [4.78, 5) is 46.0. The largest absolute Gasteiger partial charge is 0.450 e. The molecule has 39 heavy (non-hydrogen) atoms. The molecule has 0 saturated heterocycles. The highest BCUT2D eigenvalue weighted by Crippen LogP contribution is 2.54. The first-order chi connectivity index (χ1) is 18.9. The van der Waals surface area contributed by atoms with Crippen LogP contribution in [0.25, 0.3) is 11.0 Å². The maximum absolute atomic E-state index is 14.8. The molecule has 0 radical (unpaired) electrons. The second-order valence-electron chi connectivity index (χ2n) is 9.35. The van der Waals surface area contributed by atoms with Crippen molar-refractivity contribution in [2.75, 3.05) is 9.80 Å². The fraction of sp³-hybridized carbons (Fsp3) is 0.138. The van der Waals surface area contributed by atoms with Crippen LogP contribution in [0.4, 0.5) is 10.8 Å². The number of hydrogen-bond donors (Lipinski definition) is 0. The van der Waals surface area contributed by atoms with E-state index >= 15 is 0 Å². The molecule has 5 aromatic rings. The van der Waals surface area contributed by atoms with E-state index in [9.17, 15) is 14.4 Å². The minimum Gasteiger partial charge on any atom is -0.450 e. The van der Waals surface area contributed by atoms with Gasteiger partial charge in [0.1, 0.15) is 10.6 Å². The van der Waals surface area contributed by atoms with Crippen LogP contribution < -0.4 is 15.2 Å². The number of benzene rings is 3. The highest BCUT2D eigenvalue weighted by atomic mass is 35.5. The molecule has 2 aromatic heterocycles. The lowest BCUT2D eigenvalue weighted by Gasteiger charge is -2.32. The lowest BCUT2D eigenvalue weighted by molar-refractivity contribution is -0.121. The SMILES string of the molecule is CCc1nnc(N2C(=O)c3oc4ccccc4c(=O)c3C23C(=O)N(Cc2ccc(Cl)cc2)c2ccccc23)s1. The molecule has 7 rings (SSSR count). The van der Waals surface area contributed by atoms with Crippen LogP contribution >= 0.6 is 22.9 Å². The third-order valence-electron chi connectivity index (χ3n) is 7.24. The van der Waals surface area contributed by atoms with Gasteiger partial charge in [0, 0.05) is 10.6 Å². The van der Waals surface area contributed by atoms with Gasteiger partial charge in [-0.2, -0.15) is 0 Å². The van der Waals surface area contributed by atoms with Crippen LogP contribution in [0, 0.1) is 0 Å². The number of aryl methyl sites for hydroxylation is 1. The number of carbonyl (C=O) groups is 2. The molecule has 1 spiro atoms. The average molecular weight is 555 g/mol. The number of halogens is 1. The highest BCUT2D eigenvalue weighted by molar-refractivity contribution is 7.15. The van der Waals surface area contributed by atoms with E-state index in [1.54, 1.807) is 53.4 Å². The van der Waals surface area contributed by atoms with Gasteiger partial charge in [-0.3, -0.25) is 19.3 Å². The maximum atomic E-state index is 14.8. The summed E-state index contributed by atoms with van der Waals surface area (Å²) in [5.41, 5.74) is -0.0251. The number of fused-ring (bicyclic) bond motifs is 5. The summed E-state index contributed by atoms with van der Waals surface area (Å²) in [6, 6.07) is 21.1. The average Bonchev–Trinajstić information content (AvgIpc) is 3.60. The summed E-state index contributed by atoms with van der Waals surface area (Å²) in [6.45, 7) is 2.14. The monoisotopic (exact) mass is 554 g/mol. The molecule has 4 heterocycles. The third kappa shape index (κ3) is 3.20. The van der Waals surface area contributed by atoms with Crippen molar-refractivity contribution in [2.45, 2.75) is 25.4 Å². The van der Waals surface area contributed by atoms with Crippen molar-refractivity contribution < 1.29 is 14.0 Å². The Bertz CT molecular complexity index is 1880. The van der Waals surface area contributed by atoms with Crippen molar-refractivity contribution in [1.82, 2.24) is 10.2 Å². The smallest absolute Gasteiger partial charge is 0.297 e. The summed E-state index contributed by atoms with van der Waals surface area (Å²) in [7, 11) is 0. The fourth-order valence-electron chi connectivity index (χ4n) is 5.52. The predicted molar refractivity (Wildman–Crippen MR) is 148 cm³/mol. The van der Waals surface area contributed by atoms with Gasteiger partial charge in [0.15, 0.2) is 11.0 Å². The van der Waals surface area contributed by atoms with E-state index in [1.165, 1.54) is 16.2 Å². The summed E-state index contributed by atoms with van der Waals surface area (Å²) >= 11 is 7.31. The van der Waals surface area contributed by atoms with E-state index < -0.39 is 22.8 Å². The zero-order valence-electron chi connectivity index (χ0n) is 20.6. The quantitative estimate of drug-likeness (QED) is 0.299. The topological polar surface area (TPSA) is 96.6 Å². The number of rotatable bonds is 4. The van der Waals surface area contributed by atoms with E-state index in [-0.39, 0.29) is 28.6 Å². The van der Waals surface area contributed by atoms with Gasteiger partial charge >= 0.3 is 0 Å². The number of aromatic nitrogens is 2. The van der Waals surface area contributed by atoms with Crippen LogP contribution in [0.2, 0.25) is 5.02 Å². The van der Waals surface area contributed by atoms with Crippen LogP contribution in [0.15, 0.2) is 82.0 Å². The molecule has 3 aromatic carbocycles. The van der Waals surface area contributed by atoms with Gasteiger partial charge in [-0.15, -0.1) is 10.2 Å². The Morgan fingerprint density at radius 1 is 0.949 bits per heavy atom. The van der Waals surface area contributed by atoms with Gasteiger partial charge in [-0.25, -0.2) is 0 Å². The molecular weight excluding hydrogens is 536 g/mol. The van der Waals surface area contributed by atoms with Crippen LogP contribution in [0.1, 0.15) is 39.2 Å². The van der Waals surface area contributed by atoms with E-state index in [1.807, 2.05) is 31.2 Å². The zero-order valence-corrected chi connectivity index (χ0v) is 22.1. The molecule has 0 aliphatic carbocycles. The van der Waals surface area contributed by atoms with Crippen molar-refractivity contribution in [3.05, 3.63) is 116 Å². The van der Waals surface area contributed by atoms with Crippen LogP contribution in [0.3, 0.4) is 0 Å². The second-order valence-corrected chi connectivity index (χ2v) is 10.8. The number of nitrogens with zero attached hydrogens (tertiary/aromatic N) is 4. The summed E-state index contributed by atoms with van der Waals surface area (Å²) in [6.07, 6.45) is 0.605. The van der Waals surface area contributed by atoms with Crippen molar-refractivity contribution in [2.24, 2.45) is 0 Å². The van der Waals surface area contributed by atoms with Crippen molar-refractivity contribution >= 4 is 56.5 Å². The molecule has 1 atom stereocenters. The molecular formula is C29H19ClN4O4S. The summed E-state index contributed by atoms with van der Waals surface area (Å²) < 4.78 is 6.08. The van der Waals surface area contributed by atoms with E-state index in [4.69, 9.17) is 16.0 Å². The molecule has 0 bridgehead atoms. The van der Waals surface area contributed by atoms with E-state index in [0.29, 0.717) is 33.1 Å². The Kier molecular flexibility index (Phi) is 5.23. The molecule has 1 unspecified atom stereocenters. The Hall–Kier alpha value is -4.34. The number of hydrogen-bond acceptors (Lipinski definition) is 7. The maximum Gasteiger partial charge on any atom is 0.297 e. The molecule has 2 aliphatic rings. The Balaban J connectivity index is 1.54. The normalized spacial score (nSPS) is 17.9. The summed E-state index contributed by atoms with van der Waals surface area (Å²) in [5, 5.41) is 10.3. The number of anilines is 2. The van der Waals surface area contributed by atoms with Crippen molar-refractivity contribution in [3.8, 4) is 0 Å². The molecule has 10 heteroatoms. The highest BCUT2D eigenvalue weighted by Gasteiger charge is 2.66. The number of amides is 2. The standard InChI is InChI=1S/C29H19ClN4O4S/c1-2-22-31-32-28(39-22)34-26(36)25-23(24(35)18-7-3-6-10-21(18)38-25)29(34)19-8-4-5-9-20(19)33(27(29)37)15-16-11-13-17(30)14-12-16/h3-14H,2,15H2,1H3. The first-order valence-corrected chi connectivity index (χ1v) is 13.5. The van der Waals surface area contributed by atoms with E-state index in [2.05, 4.69) is 10.2 Å².